The summed E-state index contributed by atoms with van der Waals surface area (Å²) in [5.74, 6) is 2.74. The summed E-state index contributed by atoms with van der Waals surface area (Å²) in [6.45, 7) is 18.1. The number of aromatic hydroxyl groups is 2. The van der Waals surface area contributed by atoms with E-state index in [0.717, 1.165) is 69.0 Å². The molecule has 1 aliphatic rings. The molecule has 0 bridgehead atoms. The first-order chi connectivity index (χ1) is 23.9. The molecule has 8 heteroatoms. The van der Waals surface area contributed by atoms with Crippen molar-refractivity contribution in [3.8, 4) is 45.6 Å². The SMILES string of the molecule is COc1c(-c2ccc(N3CC(C)N(c4ccc(-c5oc6c(C)c(C)c(C)c(O)c6c5OC)cc4)CC3C)cc2)oc2c(C)c(C)c(C)c(O)c12. The highest BCUT2D eigenvalue weighted by Gasteiger charge is 2.31. The van der Waals surface area contributed by atoms with Crippen LogP contribution >= 0.6 is 0 Å². The molecule has 2 unspecified atom stereocenters. The van der Waals surface area contributed by atoms with Crippen LogP contribution < -0.4 is 19.3 Å². The van der Waals surface area contributed by atoms with Gasteiger partial charge < -0.3 is 38.3 Å². The van der Waals surface area contributed by atoms with Crippen molar-refractivity contribution in [3.63, 3.8) is 0 Å². The van der Waals surface area contributed by atoms with Crippen molar-refractivity contribution in [1.82, 2.24) is 0 Å². The lowest BCUT2D eigenvalue weighted by atomic mass is 9.99. The first kappa shape index (κ1) is 33.3. The third-order valence-corrected chi connectivity index (χ3v) is 11.2. The summed E-state index contributed by atoms with van der Waals surface area (Å²) in [6, 6.07) is 17.4. The molecule has 1 aliphatic heterocycles. The van der Waals surface area contributed by atoms with Crippen molar-refractivity contribution in [2.45, 2.75) is 67.5 Å². The summed E-state index contributed by atoms with van der Waals surface area (Å²) in [7, 11) is 3.23. The van der Waals surface area contributed by atoms with Gasteiger partial charge in [-0.05, 0) is 137 Å². The summed E-state index contributed by atoms with van der Waals surface area (Å²) in [4.78, 5) is 4.91. The van der Waals surface area contributed by atoms with E-state index in [-0.39, 0.29) is 23.6 Å². The third-order valence-electron chi connectivity index (χ3n) is 11.2. The molecule has 1 saturated heterocycles. The van der Waals surface area contributed by atoms with E-state index in [1.54, 1.807) is 14.2 Å². The van der Waals surface area contributed by atoms with Crippen LogP contribution in [0, 0.1) is 41.5 Å². The predicted octanol–water partition coefficient (Wildman–Crippen LogP) is 9.90. The van der Waals surface area contributed by atoms with Crippen molar-refractivity contribution >= 4 is 33.3 Å². The lowest BCUT2D eigenvalue weighted by Crippen LogP contribution is -2.56. The zero-order valence-corrected chi connectivity index (χ0v) is 30.6. The second-order valence-corrected chi connectivity index (χ2v) is 13.9. The quantitative estimate of drug-likeness (QED) is 0.180. The predicted molar refractivity (Wildman–Crippen MR) is 202 cm³/mol. The van der Waals surface area contributed by atoms with Crippen LogP contribution in [-0.4, -0.2) is 49.6 Å². The van der Waals surface area contributed by atoms with E-state index in [1.807, 2.05) is 41.5 Å². The number of piperazine rings is 1. The number of fused-ring (bicyclic) bond motifs is 2. The number of benzene rings is 4. The number of rotatable bonds is 6. The van der Waals surface area contributed by atoms with Crippen LogP contribution in [0.15, 0.2) is 57.4 Å². The van der Waals surface area contributed by atoms with E-state index in [0.29, 0.717) is 45.0 Å². The number of anilines is 2. The molecule has 0 spiro atoms. The van der Waals surface area contributed by atoms with Crippen LogP contribution in [0.5, 0.6) is 23.0 Å². The Bertz CT molecular complexity index is 2100. The summed E-state index contributed by atoms with van der Waals surface area (Å²) in [5, 5.41) is 23.2. The number of phenols is 2. The maximum Gasteiger partial charge on any atom is 0.177 e. The van der Waals surface area contributed by atoms with Crippen molar-refractivity contribution in [2.75, 3.05) is 37.1 Å². The number of hydrogen-bond acceptors (Lipinski definition) is 8. The molecule has 3 heterocycles. The van der Waals surface area contributed by atoms with Crippen molar-refractivity contribution < 1.29 is 28.5 Å². The number of nitrogens with zero attached hydrogens (tertiary/aromatic N) is 2. The summed E-state index contributed by atoms with van der Waals surface area (Å²) in [5.41, 5.74) is 11.1. The molecule has 0 saturated carbocycles. The Balaban J connectivity index is 1.12. The third kappa shape index (κ3) is 4.95. The normalized spacial score (nSPS) is 16.5. The Morgan fingerprint density at radius 2 is 0.880 bits per heavy atom. The fraction of sp³-hybridized carbons (Fsp3) is 0.333. The van der Waals surface area contributed by atoms with Gasteiger partial charge in [-0.25, -0.2) is 0 Å². The number of hydrogen-bond donors (Lipinski definition) is 2. The van der Waals surface area contributed by atoms with Crippen molar-refractivity contribution in [3.05, 3.63) is 81.9 Å². The van der Waals surface area contributed by atoms with Crippen LogP contribution in [0.4, 0.5) is 11.4 Å². The highest BCUT2D eigenvalue weighted by atomic mass is 16.5. The molecule has 260 valence electrons. The molecule has 0 radical (unpaired) electrons. The Morgan fingerprint density at radius 1 is 0.540 bits per heavy atom. The smallest absolute Gasteiger partial charge is 0.177 e. The zero-order chi connectivity index (χ0) is 35.8. The molecule has 2 N–H and O–H groups in total. The highest BCUT2D eigenvalue weighted by Crippen LogP contribution is 2.49. The molecule has 8 nitrogen and oxygen atoms in total. The summed E-state index contributed by atoms with van der Waals surface area (Å²) in [6.07, 6.45) is 0. The number of methoxy groups -OCH3 is 2. The molecule has 2 aromatic heterocycles. The second kappa shape index (κ2) is 12.3. The Labute approximate surface area is 293 Å². The molecule has 4 aromatic carbocycles. The molecule has 1 fully saturated rings. The van der Waals surface area contributed by atoms with Crippen molar-refractivity contribution in [1.29, 1.82) is 0 Å². The molecule has 7 rings (SSSR count). The molecule has 50 heavy (non-hydrogen) atoms. The van der Waals surface area contributed by atoms with Gasteiger partial charge in [0, 0.05) is 47.7 Å². The van der Waals surface area contributed by atoms with Gasteiger partial charge in [-0.2, -0.15) is 0 Å². The fourth-order valence-corrected chi connectivity index (χ4v) is 7.65. The first-order valence-corrected chi connectivity index (χ1v) is 17.2. The summed E-state index contributed by atoms with van der Waals surface area (Å²) < 4.78 is 24.3. The first-order valence-electron chi connectivity index (χ1n) is 17.2. The Kier molecular flexibility index (Phi) is 8.16. The highest BCUT2D eigenvalue weighted by molar-refractivity contribution is 6.00. The minimum Gasteiger partial charge on any atom is -0.507 e. The minimum atomic E-state index is 0.205. The Morgan fingerprint density at radius 3 is 1.20 bits per heavy atom. The van der Waals surface area contributed by atoms with E-state index >= 15 is 0 Å². The van der Waals surface area contributed by atoms with Crippen molar-refractivity contribution in [2.24, 2.45) is 0 Å². The zero-order valence-electron chi connectivity index (χ0n) is 30.6. The molecule has 0 amide bonds. The molecular weight excluding hydrogens is 628 g/mol. The fourth-order valence-electron chi connectivity index (χ4n) is 7.65. The lowest BCUT2D eigenvalue weighted by Gasteiger charge is -2.46. The molecular formula is C42H46N2O6. The minimum absolute atomic E-state index is 0.205. The lowest BCUT2D eigenvalue weighted by molar-refractivity contribution is 0.411. The van der Waals surface area contributed by atoms with Crippen LogP contribution in [-0.2, 0) is 0 Å². The van der Waals surface area contributed by atoms with E-state index < -0.39 is 0 Å². The van der Waals surface area contributed by atoms with Crippen LogP contribution in [0.1, 0.15) is 47.2 Å². The number of furan rings is 2. The second-order valence-electron chi connectivity index (χ2n) is 13.9. The molecule has 2 atom stereocenters. The van der Waals surface area contributed by atoms with E-state index in [4.69, 9.17) is 18.3 Å². The average Bonchev–Trinajstić information content (AvgIpc) is 3.72. The number of aryl methyl sites for hydroxylation is 2. The van der Waals surface area contributed by atoms with Gasteiger partial charge >= 0.3 is 0 Å². The topological polar surface area (TPSA) is 91.7 Å². The largest absolute Gasteiger partial charge is 0.507 e. The Hall–Kier alpha value is -5.24. The van der Waals surface area contributed by atoms with E-state index in [1.165, 1.54) is 0 Å². The van der Waals surface area contributed by atoms with Gasteiger partial charge in [0.15, 0.2) is 23.0 Å². The van der Waals surface area contributed by atoms with Gasteiger partial charge in [0.25, 0.3) is 0 Å². The van der Waals surface area contributed by atoms with Gasteiger partial charge in [-0.3, -0.25) is 0 Å². The maximum atomic E-state index is 11.0. The number of phenolic OH excluding ortho intramolecular Hbond substituents is 2. The van der Waals surface area contributed by atoms with Crippen LogP contribution in [0.25, 0.3) is 44.6 Å². The van der Waals surface area contributed by atoms with Gasteiger partial charge in [-0.15, -0.1) is 0 Å². The average molecular weight is 675 g/mol. The molecule has 6 aromatic rings. The van der Waals surface area contributed by atoms with Crippen LogP contribution in [0.2, 0.25) is 0 Å². The number of ether oxygens (including phenoxy) is 2. The van der Waals surface area contributed by atoms with Gasteiger partial charge in [0.2, 0.25) is 0 Å². The van der Waals surface area contributed by atoms with Gasteiger partial charge in [0.1, 0.15) is 33.4 Å². The van der Waals surface area contributed by atoms with Gasteiger partial charge in [0.05, 0.1) is 14.2 Å². The molecule has 0 aliphatic carbocycles. The van der Waals surface area contributed by atoms with Crippen LogP contribution in [0.3, 0.4) is 0 Å². The maximum absolute atomic E-state index is 11.0. The monoisotopic (exact) mass is 674 g/mol. The van der Waals surface area contributed by atoms with E-state index in [2.05, 4.69) is 72.2 Å². The van der Waals surface area contributed by atoms with E-state index in [9.17, 15) is 10.2 Å². The summed E-state index contributed by atoms with van der Waals surface area (Å²) >= 11 is 0. The van der Waals surface area contributed by atoms with Gasteiger partial charge in [-0.1, -0.05) is 0 Å². The standard InChI is InChI=1S/C42H46N2O6/c1-21-19-44(32-17-13-30(14-18-32)40-42(48-10)34-36(46)26(6)24(4)28(8)38(34)50-40)22(2)20-43(21)31-15-11-29(12-16-31)39-41(47-9)33-35(45)25(5)23(3)27(7)37(33)49-39/h11-18,21-22,45-46H,19-20H2,1-10H3.